The number of halogens is 1. The summed E-state index contributed by atoms with van der Waals surface area (Å²) in [5.74, 6) is -0.843. The molecule has 0 radical (unpaired) electrons. The van der Waals surface area contributed by atoms with Crippen molar-refractivity contribution in [2.45, 2.75) is 20.0 Å². The summed E-state index contributed by atoms with van der Waals surface area (Å²) in [6, 6.07) is 12.7. The normalized spacial score (nSPS) is 10.3. The Balaban J connectivity index is 2.16. The van der Waals surface area contributed by atoms with Gasteiger partial charge in [0, 0.05) is 0 Å². The molecule has 0 aromatic heterocycles. The molecule has 0 atom stereocenters. The lowest BCUT2D eigenvalue weighted by Crippen LogP contribution is -2.04. The summed E-state index contributed by atoms with van der Waals surface area (Å²) in [5, 5.41) is 9.42. The van der Waals surface area contributed by atoms with Gasteiger partial charge >= 0.3 is 5.97 Å². The first-order valence-corrected chi connectivity index (χ1v) is 6.72. The Hall–Kier alpha value is -2.00. The predicted molar refractivity (Wildman–Crippen MR) is 78.6 cm³/mol. The van der Waals surface area contributed by atoms with Crippen LogP contribution >= 0.6 is 11.6 Å². The lowest BCUT2D eigenvalue weighted by molar-refractivity contribution is 0.0692. The van der Waals surface area contributed by atoms with Crippen molar-refractivity contribution in [1.29, 1.82) is 0 Å². The molecule has 0 aliphatic rings. The number of aromatic carboxylic acids is 1. The molecular formula is C16H15ClO3. The average Bonchev–Trinajstić information content (AvgIpc) is 2.46. The van der Waals surface area contributed by atoms with Crippen LogP contribution in [-0.2, 0) is 13.0 Å². The standard InChI is InChI=1S/C16H15ClO3/c1-2-11-6-8-12(9-7-11)10-20-15-13(16(18)19)4-3-5-14(15)17/h3-9H,2,10H2,1H3,(H,18,19). The van der Waals surface area contributed by atoms with Gasteiger partial charge in [-0.3, -0.25) is 0 Å². The molecule has 0 bridgehead atoms. The Morgan fingerprint density at radius 1 is 1.15 bits per heavy atom. The van der Waals surface area contributed by atoms with Crippen molar-refractivity contribution in [1.82, 2.24) is 0 Å². The molecule has 1 N–H and O–H groups in total. The fourth-order valence-corrected chi connectivity index (χ4v) is 2.08. The molecule has 3 nitrogen and oxygen atoms in total. The number of para-hydroxylation sites is 1. The number of aryl methyl sites for hydroxylation is 1. The van der Waals surface area contributed by atoms with Gasteiger partial charge in [0.05, 0.1) is 5.02 Å². The summed E-state index contributed by atoms with van der Waals surface area (Å²) < 4.78 is 5.58. The second kappa shape index (κ2) is 6.44. The van der Waals surface area contributed by atoms with Crippen molar-refractivity contribution in [3.63, 3.8) is 0 Å². The predicted octanol–water partition coefficient (Wildman–Crippen LogP) is 4.18. The fourth-order valence-electron chi connectivity index (χ4n) is 1.85. The lowest BCUT2D eigenvalue weighted by atomic mass is 10.1. The highest BCUT2D eigenvalue weighted by Crippen LogP contribution is 2.29. The molecule has 2 aromatic carbocycles. The Bertz CT molecular complexity index is 606. The number of ether oxygens (including phenoxy) is 1. The van der Waals surface area contributed by atoms with Crippen LogP contribution in [0.15, 0.2) is 42.5 Å². The summed E-state index contributed by atoms with van der Waals surface area (Å²) in [5.41, 5.74) is 2.29. The molecule has 0 saturated heterocycles. The summed E-state index contributed by atoms with van der Waals surface area (Å²) in [6.45, 7) is 2.38. The van der Waals surface area contributed by atoms with Crippen LogP contribution in [0.2, 0.25) is 5.02 Å². The molecule has 0 spiro atoms. The first-order chi connectivity index (χ1) is 9.61. The van der Waals surface area contributed by atoms with Crippen molar-refractivity contribution < 1.29 is 14.6 Å². The number of carboxylic acids is 1. The van der Waals surface area contributed by atoms with Crippen LogP contribution in [0.4, 0.5) is 0 Å². The van der Waals surface area contributed by atoms with Gasteiger partial charge < -0.3 is 9.84 Å². The Morgan fingerprint density at radius 3 is 2.40 bits per heavy atom. The minimum atomic E-state index is -1.05. The van der Waals surface area contributed by atoms with E-state index in [4.69, 9.17) is 21.4 Å². The zero-order valence-corrected chi connectivity index (χ0v) is 11.9. The Morgan fingerprint density at radius 2 is 1.80 bits per heavy atom. The molecule has 0 aliphatic heterocycles. The summed E-state index contributed by atoms with van der Waals surface area (Å²) in [7, 11) is 0. The minimum absolute atomic E-state index is 0.0719. The number of carboxylic acid groups (broad SMARTS) is 1. The van der Waals surface area contributed by atoms with E-state index in [0.29, 0.717) is 5.02 Å². The van der Waals surface area contributed by atoms with Crippen LogP contribution < -0.4 is 4.74 Å². The number of hydrogen-bond acceptors (Lipinski definition) is 2. The van der Waals surface area contributed by atoms with Crippen LogP contribution in [0, 0.1) is 0 Å². The number of rotatable bonds is 5. The van der Waals surface area contributed by atoms with Gasteiger partial charge in [-0.2, -0.15) is 0 Å². The number of benzene rings is 2. The van der Waals surface area contributed by atoms with Gasteiger partial charge in [-0.05, 0) is 29.7 Å². The second-order valence-corrected chi connectivity index (χ2v) is 4.79. The number of hydrogen-bond donors (Lipinski definition) is 1. The van der Waals surface area contributed by atoms with Crippen molar-refractivity contribution in [2.75, 3.05) is 0 Å². The van der Waals surface area contributed by atoms with E-state index in [1.54, 1.807) is 12.1 Å². The van der Waals surface area contributed by atoms with Crippen LogP contribution in [0.3, 0.4) is 0 Å². The molecule has 0 fully saturated rings. The van der Waals surface area contributed by atoms with Crippen LogP contribution in [-0.4, -0.2) is 11.1 Å². The molecule has 0 unspecified atom stereocenters. The third-order valence-electron chi connectivity index (χ3n) is 3.01. The van der Waals surface area contributed by atoms with E-state index in [-0.39, 0.29) is 17.9 Å². The third kappa shape index (κ3) is 3.31. The van der Waals surface area contributed by atoms with Gasteiger partial charge in [0.15, 0.2) is 5.75 Å². The van der Waals surface area contributed by atoms with Crippen LogP contribution in [0.5, 0.6) is 5.75 Å². The lowest BCUT2D eigenvalue weighted by Gasteiger charge is -2.11. The van der Waals surface area contributed by atoms with Crippen molar-refractivity contribution in [2.24, 2.45) is 0 Å². The first kappa shape index (κ1) is 14.4. The van der Waals surface area contributed by atoms with E-state index in [1.807, 2.05) is 24.3 Å². The highest BCUT2D eigenvalue weighted by molar-refractivity contribution is 6.32. The quantitative estimate of drug-likeness (QED) is 0.898. The van der Waals surface area contributed by atoms with Crippen LogP contribution in [0.25, 0.3) is 0 Å². The molecule has 0 aliphatic carbocycles. The molecule has 20 heavy (non-hydrogen) atoms. The summed E-state index contributed by atoms with van der Waals surface area (Å²) in [4.78, 5) is 11.1. The summed E-state index contributed by atoms with van der Waals surface area (Å²) >= 11 is 6.00. The van der Waals surface area contributed by atoms with E-state index in [0.717, 1.165) is 12.0 Å². The maximum absolute atomic E-state index is 11.1. The molecule has 0 saturated carbocycles. The minimum Gasteiger partial charge on any atom is -0.486 e. The van der Waals surface area contributed by atoms with Gasteiger partial charge in [0.2, 0.25) is 0 Å². The molecule has 2 aromatic rings. The average molecular weight is 291 g/mol. The smallest absolute Gasteiger partial charge is 0.339 e. The van der Waals surface area contributed by atoms with Crippen molar-refractivity contribution in [3.8, 4) is 5.75 Å². The fraction of sp³-hybridized carbons (Fsp3) is 0.188. The van der Waals surface area contributed by atoms with Gasteiger partial charge in [-0.15, -0.1) is 0 Å². The highest BCUT2D eigenvalue weighted by Gasteiger charge is 2.14. The SMILES string of the molecule is CCc1ccc(COc2c(Cl)cccc2C(=O)O)cc1. The van der Waals surface area contributed by atoms with E-state index < -0.39 is 5.97 Å². The van der Waals surface area contributed by atoms with E-state index in [2.05, 4.69) is 6.92 Å². The molecule has 104 valence electrons. The van der Waals surface area contributed by atoms with Gasteiger partial charge in [0.1, 0.15) is 12.2 Å². The van der Waals surface area contributed by atoms with Crippen molar-refractivity contribution >= 4 is 17.6 Å². The van der Waals surface area contributed by atoms with E-state index in [9.17, 15) is 4.79 Å². The van der Waals surface area contributed by atoms with E-state index >= 15 is 0 Å². The maximum atomic E-state index is 11.1. The topological polar surface area (TPSA) is 46.5 Å². The maximum Gasteiger partial charge on any atom is 0.339 e. The molecule has 0 amide bonds. The van der Waals surface area contributed by atoms with Gasteiger partial charge in [-0.1, -0.05) is 48.9 Å². The van der Waals surface area contributed by atoms with Crippen molar-refractivity contribution in [3.05, 3.63) is 64.2 Å². The number of carbonyl (C=O) groups is 1. The second-order valence-electron chi connectivity index (χ2n) is 4.38. The molecular weight excluding hydrogens is 276 g/mol. The molecule has 2 rings (SSSR count). The largest absolute Gasteiger partial charge is 0.486 e. The Labute approximate surface area is 122 Å². The van der Waals surface area contributed by atoms with E-state index in [1.165, 1.54) is 11.6 Å². The zero-order chi connectivity index (χ0) is 14.5. The highest BCUT2D eigenvalue weighted by atomic mass is 35.5. The first-order valence-electron chi connectivity index (χ1n) is 6.34. The van der Waals surface area contributed by atoms with Crippen LogP contribution in [0.1, 0.15) is 28.4 Å². The van der Waals surface area contributed by atoms with Gasteiger partial charge in [-0.25, -0.2) is 4.79 Å². The molecule has 0 heterocycles. The van der Waals surface area contributed by atoms with Gasteiger partial charge in [0.25, 0.3) is 0 Å². The Kier molecular flexibility index (Phi) is 4.64. The summed E-state index contributed by atoms with van der Waals surface area (Å²) in [6.07, 6.45) is 0.981. The third-order valence-corrected chi connectivity index (χ3v) is 3.31. The monoisotopic (exact) mass is 290 g/mol. The zero-order valence-electron chi connectivity index (χ0n) is 11.1. The molecule has 4 heteroatoms.